The number of aryl methyl sites for hydroxylation is 2. The molecule has 144 valence electrons. The molecule has 3 aromatic rings. The van der Waals surface area contributed by atoms with Crippen molar-refractivity contribution in [2.24, 2.45) is 7.05 Å². The number of fused-ring (bicyclic) bond motifs is 1. The number of nitrogens with one attached hydrogen (secondary N) is 1. The average Bonchev–Trinajstić information content (AvgIpc) is 3.29. The highest BCUT2D eigenvalue weighted by Crippen LogP contribution is 2.39. The zero-order valence-corrected chi connectivity index (χ0v) is 17.2. The lowest BCUT2D eigenvalue weighted by atomic mass is 9.92. The number of aromatic nitrogens is 2. The summed E-state index contributed by atoms with van der Waals surface area (Å²) in [6.45, 7) is 0. The highest BCUT2D eigenvalue weighted by atomic mass is 32.2. The third-order valence-electron chi connectivity index (χ3n) is 4.80. The van der Waals surface area contributed by atoms with Gasteiger partial charge in [-0.3, -0.25) is 9.59 Å². The van der Waals surface area contributed by atoms with E-state index in [1.54, 1.807) is 17.5 Å². The van der Waals surface area contributed by atoms with Gasteiger partial charge in [0.1, 0.15) is 5.00 Å². The summed E-state index contributed by atoms with van der Waals surface area (Å²) in [6.07, 6.45) is 7.66. The van der Waals surface area contributed by atoms with E-state index < -0.39 is 0 Å². The number of ketones is 1. The summed E-state index contributed by atoms with van der Waals surface area (Å²) in [5.74, 6) is 0.132. The van der Waals surface area contributed by atoms with E-state index in [1.807, 2.05) is 48.1 Å². The molecular weight excluding hydrogens is 390 g/mol. The number of benzene rings is 1. The SMILES string of the molecule is Cn1ccnc1SCC(=O)Nc1sc2c(c1C(=O)c1ccccc1)CCCC2. The third kappa shape index (κ3) is 3.91. The number of thiophene rings is 1. The number of carbonyl (C=O) groups is 2. The van der Waals surface area contributed by atoms with Crippen LogP contribution in [-0.4, -0.2) is 27.0 Å². The van der Waals surface area contributed by atoms with E-state index in [-0.39, 0.29) is 17.4 Å². The molecule has 0 atom stereocenters. The molecule has 0 bridgehead atoms. The lowest BCUT2D eigenvalue weighted by molar-refractivity contribution is -0.113. The molecule has 0 saturated carbocycles. The molecule has 0 radical (unpaired) electrons. The summed E-state index contributed by atoms with van der Waals surface area (Å²) in [7, 11) is 1.90. The molecule has 0 unspecified atom stereocenters. The van der Waals surface area contributed by atoms with E-state index in [0.717, 1.165) is 36.4 Å². The van der Waals surface area contributed by atoms with E-state index in [2.05, 4.69) is 10.3 Å². The van der Waals surface area contributed by atoms with Gasteiger partial charge in [-0.1, -0.05) is 42.1 Å². The van der Waals surface area contributed by atoms with Crippen LogP contribution in [0.2, 0.25) is 0 Å². The van der Waals surface area contributed by atoms with Crippen molar-refractivity contribution in [2.45, 2.75) is 30.8 Å². The number of hydrogen-bond acceptors (Lipinski definition) is 5. The molecule has 2 aromatic heterocycles. The van der Waals surface area contributed by atoms with Crippen LogP contribution in [0.1, 0.15) is 39.2 Å². The smallest absolute Gasteiger partial charge is 0.235 e. The molecule has 4 rings (SSSR count). The normalized spacial score (nSPS) is 13.2. The van der Waals surface area contributed by atoms with Crippen LogP contribution in [-0.2, 0) is 24.7 Å². The van der Waals surface area contributed by atoms with Gasteiger partial charge in [0.15, 0.2) is 10.9 Å². The molecule has 0 fully saturated rings. The Kier molecular flexibility index (Phi) is 5.64. The Morgan fingerprint density at radius 2 is 2.00 bits per heavy atom. The van der Waals surface area contributed by atoms with Gasteiger partial charge in [-0.15, -0.1) is 11.3 Å². The lowest BCUT2D eigenvalue weighted by Crippen LogP contribution is -2.16. The molecule has 1 amide bonds. The standard InChI is InChI=1S/C21H21N3O2S2/c1-24-12-11-22-21(24)27-13-17(25)23-20-18(15-9-5-6-10-16(15)28-20)19(26)14-7-3-2-4-8-14/h2-4,7-8,11-12H,5-6,9-10,13H2,1H3,(H,23,25). The van der Waals surface area contributed by atoms with Crippen LogP contribution in [0.5, 0.6) is 0 Å². The second-order valence-electron chi connectivity index (χ2n) is 6.77. The monoisotopic (exact) mass is 411 g/mol. The Bertz CT molecular complexity index is 1010. The zero-order valence-electron chi connectivity index (χ0n) is 15.6. The summed E-state index contributed by atoms with van der Waals surface area (Å²) in [4.78, 5) is 31.2. The first-order valence-electron chi connectivity index (χ1n) is 9.27. The van der Waals surface area contributed by atoms with Crippen molar-refractivity contribution < 1.29 is 9.59 Å². The predicted molar refractivity (Wildman–Crippen MR) is 113 cm³/mol. The molecular formula is C21H21N3O2S2. The number of carbonyl (C=O) groups excluding carboxylic acids is 2. The van der Waals surface area contributed by atoms with Crippen molar-refractivity contribution in [2.75, 3.05) is 11.1 Å². The molecule has 1 aliphatic rings. The van der Waals surface area contributed by atoms with Crippen molar-refractivity contribution in [3.05, 3.63) is 64.3 Å². The topological polar surface area (TPSA) is 64.0 Å². The van der Waals surface area contributed by atoms with E-state index in [1.165, 1.54) is 16.6 Å². The summed E-state index contributed by atoms with van der Waals surface area (Å²) in [6, 6.07) is 9.30. The first-order chi connectivity index (χ1) is 13.6. The second-order valence-corrected chi connectivity index (χ2v) is 8.82. The Morgan fingerprint density at radius 1 is 1.21 bits per heavy atom. The number of anilines is 1. The maximum atomic E-state index is 13.2. The number of rotatable bonds is 6. The number of thioether (sulfide) groups is 1. The van der Waals surface area contributed by atoms with Gasteiger partial charge >= 0.3 is 0 Å². The zero-order chi connectivity index (χ0) is 19.5. The van der Waals surface area contributed by atoms with E-state index in [4.69, 9.17) is 0 Å². The average molecular weight is 412 g/mol. The molecule has 28 heavy (non-hydrogen) atoms. The van der Waals surface area contributed by atoms with Crippen LogP contribution >= 0.6 is 23.1 Å². The van der Waals surface area contributed by atoms with E-state index in [0.29, 0.717) is 16.1 Å². The van der Waals surface area contributed by atoms with Crippen molar-refractivity contribution in [1.82, 2.24) is 9.55 Å². The third-order valence-corrected chi connectivity index (χ3v) is 7.06. The van der Waals surface area contributed by atoms with Gasteiger partial charge in [-0.2, -0.15) is 0 Å². The van der Waals surface area contributed by atoms with Gasteiger partial charge in [0.05, 0.1) is 11.3 Å². The minimum Gasteiger partial charge on any atom is -0.329 e. The molecule has 1 aromatic carbocycles. The highest BCUT2D eigenvalue weighted by molar-refractivity contribution is 7.99. The fourth-order valence-corrected chi connectivity index (χ4v) is 5.45. The maximum absolute atomic E-state index is 13.2. The van der Waals surface area contributed by atoms with E-state index >= 15 is 0 Å². The van der Waals surface area contributed by atoms with Gasteiger partial charge < -0.3 is 9.88 Å². The minimum absolute atomic E-state index is 0.00736. The fourth-order valence-electron chi connectivity index (χ4n) is 3.41. The second kappa shape index (κ2) is 8.32. The molecule has 1 N–H and O–H groups in total. The molecule has 0 spiro atoms. The van der Waals surface area contributed by atoms with Crippen molar-refractivity contribution >= 4 is 39.8 Å². The number of imidazole rings is 1. The Labute approximate surface area is 172 Å². The van der Waals surface area contributed by atoms with E-state index in [9.17, 15) is 9.59 Å². The van der Waals surface area contributed by atoms with Crippen molar-refractivity contribution in [1.29, 1.82) is 0 Å². The van der Waals surface area contributed by atoms with Crippen LogP contribution in [0.15, 0.2) is 47.9 Å². The first kappa shape index (κ1) is 19.0. The Morgan fingerprint density at radius 3 is 2.75 bits per heavy atom. The number of hydrogen-bond donors (Lipinski definition) is 1. The summed E-state index contributed by atoms with van der Waals surface area (Å²) in [5, 5.41) is 4.48. The van der Waals surface area contributed by atoms with Crippen molar-refractivity contribution in [3.8, 4) is 0 Å². The number of amides is 1. The van der Waals surface area contributed by atoms with Crippen molar-refractivity contribution in [3.63, 3.8) is 0 Å². The van der Waals surface area contributed by atoms with Gasteiger partial charge in [0.2, 0.25) is 5.91 Å². The quantitative estimate of drug-likeness (QED) is 0.485. The van der Waals surface area contributed by atoms with Crippen LogP contribution in [0.3, 0.4) is 0 Å². The lowest BCUT2D eigenvalue weighted by Gasteiger charge is -2.12. The number of nitrogens with zero attached hydrogens (tertiary/aromatic N) is 2. The summed E-state index contributed by atoms with van der Waals surface area (Å²) in [5.41, 5.74) is 2.46. The molecule has 1 aliphatic carbocycles. The van der Waals surface area contributed by atoms with Crippen LogP contribution < -0.4 is 5.32 Å². The molecule has 0 aliphatic heterocycles. The summed E-state index contributed by atoms with van der Waals surface area (Å²) >= 11 is 2.94. The predicted octanol–water partition coefficient (Wildman–Crippen LogP) is 4.32. The van der Waals surface area contributed by atoms with Crippen LogP contribution in [0, 0.1) is 0 Å². The Balaban J connectivity index is 1.58. The maximum Gasteiger partial charge on any atom is 0.235 e. The van der Waals surface area contributed by atoms with Crippen LogP contribution in [0.25, 0.3) is 0 Å². The first-order valence-corrected chi connectivity index (χ1v) is 11.1. The Hall–Kier alpha value is -2.38. The molecule has 0 saturated heterocycles. The van der Waals surface area contributed by atoms with Gasteiger partial charge in [-0.05, 0) is 31.2 Å². The van der Waals surface area contributed by atoms with Gasteiger partial charge in [0, 0.05) is 29.9 Å². The molecule has 7 heteroatoms. The van der Waals surface area contributed by atoms with Gasteiger partial charge in [-0.25, -0.2) is 4.98 Å². The molecule has 2 heterocycles. The minimum atomic E-state index is -0.117. The van der Waals surface area contributed by atoms with Crippen LogP contribution in [0.4, 0.5) is 5.00 Å². The molecule has 5 nitrogen and oxygen atoms in total. The fraction of sp³-hybridized carbons (Fsp3) is 0.286. The summed E-state index contributed by atoms with van der Waals surface area (Å²) < 4.78 is 1.88. The highest BCUT2D eigenvalue weighted by Gasteiger charge is 2.27. The van der Waals surface area contributed by atoms with Gasteiger partial charge in [0.25, 0.3) is 0 Å². The largest absolute Gasteiger partial charge is 0.329 e.